The lowest BCUT2D eigenvalue weighted by Crippen LogP contribution is -2.31. The van der Waals surface area contributed by atoms with Crippen molar-refractivity contribution < 1.29 is 5.11 Å². The first-order valence-electron chi connectivity index (χ1n) is 6.66. The Hall–Kier alpha value is -1.87. The number of aryl methyl sites for hydroxylation is 1. The monoisotopic (exact) mass is 254 g/mol. The predicted molar refractivity (Wildman–Crippen MR) is 76.1 cm³/mol. The van der Waals surface area contributed by atoms with Gasteiger partial charge in [0, 0.05) is 18.8 Å². The Labute approximate surface area is 113 Å². The van der Waals surface area contributed by atoms with Crippen LogP contribution in [0.4, 0.5) is 5.82 Å². The van der Waals surface area contributed by atoms with Gasteiger partial charge in [-0.1, -0.05) is 24.3 Å². The van der Waals surface area contributed by atoms with Gasteiger partial charge in [0.05, 0.1) is 6.61 Å². The van der Waals surface area contributed by atoms with Gasteiger partial charge in [0.1, 0.15) is 5.82 Å². The van der Waals surface area contributed by atoms with Gasteiger partial charge in [-0.2, -0.15) is 0 Å². The number of benzene rings is 1. The molecule has 3 nitrogen and oxygen atoms in total. The molecule has 0 amide bonds. The molecule has 2 aromatic rings. The first-order chi connectivity index (χ1) is 9.26. The van der Waals surface area contributed by atoms with Crippen molar-refractivity contribution in [1.29, 1.82) is 0 Å². The molecule has 1 aromatic carbocycles. The van der Waals surface area contributed by atoms with Gasteiger partial charge in [0.25, 0.3) is 0 Å². The van der Waals surface area contributed by atoms with Crippen molar-refractivity contribution in [2.24, 2.45) is 0 Å². The van der Waals surface area contributed by atoms with Crippen molar-refractivity contribution in [3.63, 3.8) is 0 Å². The van der Waals surface area contributed by atoms with Crippen LogP contribution in [0.25, 0.3) is 0 Å². The summed E-state index contributed by atoms with van der Waals surface area (Å²) in [5.41, 5.74) is 4.71. The first-order valence-corrected chi connectivity index (χ1v) is 6.66. The number of anilines is 1. The molecule has 3 rings (SSSR count). The van der Waals surface area contributed by atoms with E-state index in [0.717, 1.165) is 36.6 Å². The topological polar surface area (TPSA) is 36.4 Å². The standard InChI is InChI=1S/C16H18N2O/c1-12-8-13(11-19)9-16(17-12)18-7-6-14-4-2-3-5-15(14)10-18/h2-5,8-9,19H,6-7,10-11H2,1H3. The van der Waals surface area contributed by atoms with Gasteiger partial charge < -0.3 is 10.0 Å². The smallest absolute Gasteiger partial charge is 0.129 e. The molecule has 1 aliphatic rings. The van der Waals surface area contributed by atoms with Crippen LogP contribution in [-0.4, -0.2) is 16.6 Å². The summed E-state index contributed by atoms with van der Waals surface area (Å²) in [7, 11) is 0. The minimum atomic E-state index is 0.0702. The number of aliphatic hydroxyl groups excluding tert-OH is 1. The lowest BCUT2D eigenvalue weighted by molar-refractivity contribution is 0.281. The van der Waals surface area contributed by atoms with Crippen LogP contribution < -0.4 is 4.90 Å². The maximum absolute atomic E-state index is 9.30. The molecule has 0 fully saturated rings. The van der Waals surface area contributed by atoms with E-state index < -0.39 is 0 Å². The molecule has 1 N–H and O–H groups in total. The molecule has 0 atom stereocenters. The highest BCUT2D eigenvalue weighted by Crippen LogP contribution is 2.24. The van der Waals surface area contributed by atoms with E-state index in [4.69, 9.17) is 0 Å². The van der Waals surface area contributed by atoms with Gasteiger partial charge in [-0.25, -0.2) is 4.98 Å². The zero-order valence-electron chi connectivity index (χ0n) is 11.1. The van der Waals surface area contributed by atoms with Gasteiger partial charge in [-0.3, -0.25) is 0 Å². The quantitative estimate of drug-likeness (QED) is 0.894. The van der Waals surface area contributed by atoms with E-state index >= 15 is 0 Å². The summed E-state index contributed by atoms with van der Waals surface area (Å²) in [6.45, 7) is 3.93. The van der Waals surface area contributed by atoms with Gasteiger partial charge in [0.2, 0.25) is 0 Å². The normalized spacial score (nSPS) is 14.3. The van der Waals surface area contributed by atoms with Gasteiger partial charge in [-0.05, 0) is 42.2 Å². The highest BCUT2D eigenvalue weighted by Gasteiger charge is 2.17. The van der Waals surface area contributed by atoms with E-state index in [9.17, 15) is 5.11 Å². The fourth-order valence-electron chi connectivity index (χ4n) is 2.67. The lowest BCUT2D eigenvalue weighted by atomic mass is 10.00. The summed E-state index contributed by atoms with van der Waals surface area (Å²) in [5.74, 6) is 0.971. The van der Waals surface area contributed by atoms with Crippen molar-refractivity contribution in [3.8, 4) is 0 Å². The van der Waals surface area contributed by atoms with E-state index in [1.807, 2.05) is 19.1 Å². The number of nitrogens with zero attached hydrogens (tertiary/aromatic N) is 2. The van der Waals surface area contributed by atoms with Crippen molar-refractivity contribution in [1.82, 2.24) is 4.98 Å². The number of rotatable bonds is 2. The third-order valence-corrected chi connectivity index (χ3v) is 3.64. The number of fused-ring (bicyclic) bond motifs is 1. The van der Waals surface area contributed by atoms with Gasteiger partial charge in [0.15, 0.2) is 0 Å². The van der Waals surface area contributed by atoms with Crippen LogP contribution in [0.15, 0.2) is 36.4 Å². The van der Waals surface area contributed by atoms with Crippen LogP contribution in [-0.2, 0) is 19.6 Å². The molecule has 0 saturated heterocycles. The molecule has 19 heavy (non-hydrogen) atoms. The van der Waals surface area contributed by atoms with Crippen LogP contribution in [0.3, 0.4) is 0 Å². The van der Waals surface area contributed by atoms with Gasteiger partial charge >= 0.3 is 0 Å². The Bertz CT molecular complexity index is 595. The van der Waals surface area contributed by atoms with Gasteiger partial charge in [-0.15, -0.1) is 0 Å². The van der Waals surface area contributed by atoms with Crippen LogP contribution in [0.2, 0.25) is 0 Å². The largest absolute Gasteiger partial charge is 0.392 e. The molecule has 0 bridgehead atoms. The highest BCUT2D eigenvalue weighted by molar-refractivity contribution is 5.46. The van der Waals surface area contributed by atoms with Crippen molar-refractivity contribution >= 4 is 5.82 Å². The van der Waals surface area contributed by atoms with E-state index in [-0.39, 0.29) is 6.61 Å². The molecule has 2 heterocycles. The molecule has 1 aliphatic heterocycles. The van der Waals surface area contributed by atoms with Crippen molar-refractivity contribution in [2.45, 2.75) is 26.5 Å². The Morgan fingerprint density at radius 3 is 2.79 bits per heavy atom. The maximum Gasteiger partial charge on any atom is 0.129 e. The summed E-state index contributed by atoms with van der Waals surface area (Å²) in [4.78, 5) is 6.88. The number of pyridine rings is 1. The molecule has 0 unspecified atom stereocenters. The molecule has 0 saturated carbocycles. The number of aliphatic hydroxyl groups is 1. The fraction of sp³-hybridized carbons (Fsp3) is 0.312. The summed E-state index contributed by atoms with van der Waals surface area (Å²) < 4.78 is 0. The van der Waals surface area contributed by atoms with Crippen LogP contribution in [0.5, 0.6) is 0 Å². The second-order valence-electron chi connectivity index (χ2n) is 5.07. The molecule has 3 heteroatoms. The van der Waals surface area contributed by atoms with Crippen molar-refractivity contribution in [3.05, 3.63) is 58.8 Å². The SMILES string of the molecule is Cc1cc(CO)cc(N2CCc3ccccc3C2)n1. The van der Waals surface area contributed by atoms with Crippen LogP contribution in [0, 0.1) is 6.92 Å². The van der Waals surface area contributed by atoms with E-state index in [0.29, 0.717) is 0 Å². The summed E-state index contributed by atoms with van der Waals surface area (Å²) in [6.07, 6.45) is 1.06. The molecular weight excluding hydrogens is 236 g/mol. The summed E-state index contributed by atoms with van der Waals surface area (Å²) in [6, 6.07) is 12.5. The third-order valence-electron chi connectivity index (χ3n) is 3.64. The summed E-state index contributed by atoms with van der Waals surface area (Å²) in [5, 5.41) is 9.30. The number of aromatic nitrogens is 1. The fourth-order valence-corrected chi connectivity index (χ4v) is 2.67. The number of hydrogen-bond donors (Lipinski definition) is 1. The predicted octanol–water partition coefficient (Wildman–Crippen LogP) is 2.45. The Kier molecular flexibility index (Phi) is 3.22. The van der Waals surface area contributed by atoms with E-state index in [1.54, 1.807) is 0 Å². The first kappa shape index (κ1) is 12.2. The molecule has 0 aliphatic carbocycles. The Morgan fingerprint density at radius 1 is 1.21 bits per heavy atom. The molecule has 0 radical (unpaired) electrons. The third kappa shape index (κ3) is 2.47. The molecule has 1 aromatic heterocycles. The second kappa shape index (κ2) is 5.02. The minimum Gasteiger partial charge on any atom is -0.392 e. The zero-order valence-corrected chi connectivity index (χ0v) is 11.1. The molecule has 98 valence electrons. The highest BCUT2D eigenvalue weighted by atomic mass is 16.3. The van der Waals surface area contributed by atoms with Crippen LogP contribution >= 0.6 is 0 Å². The average molecular weight is 254 g/mol. The zero-order chi connectivity index (χ0) is 13.2. The molecule has 0 spiro atoms. The number of hydrogen-bond acceptors (Lipinski definition) is 3. The second-order valence-corrected chi connectivity index (χ2v) is 5.07. The van der Waals surface area contributed by atoms with E-state index in [1.165, 1.54) is 11.1 Å². The molecular formula is C16H18N2O. The lowest BCUT2D eigenvalue weighted by Gasteiger charge is -2.30. The average Bonchev–Trinajstić information content (AvgIpc) is 2.46. The Morgan fingerprint density at radius 2 is 2.00 bits per heavy atom. The Balaban J connectivity index is 1.90. The van der Waals surface area contributed by atoms with Crippen molar-refractivity contribution in [2.75, 3.05) is 11.4 Å². The maximum atomic E-state index is 9.30. The van der Waals surface area contributed by atoms with Crippen LogP contribution in [0.1, 0.15) is 22.4 Å². The van der Waals surface area contributed by atoms with E-state index in [2.05, 4.69) is 34.1 Å². The minimum absolute atomic E-state index is 0.0702. The summed E-state index contributed by atoms with van der Waals surface area (Å²) >= 11 is 0.